The summed E-state index contributed by atoms with van der Waals surface area (Å²) < 4.78 is 7.42. The van der Waals surface area contributed by atoms with Crippen LogP contribution in [0.2, 0.25) is 0 Å². The monoisotopic (exact) mass is 403 g/mol. The van der Waals surface area contributed by atoms with E-state index in [9.17, 15) is 4.79 Å². The third-order valence-electron chi connectivity index (χ3n) is 5.88. The third-order valence-corrected chi connectivity index (χ3v) is 6.18. The fourth-order valence-electron chi connectivity index (χ4n) is 4.13. The van der Waals surface area contributed by atoms with Crippen LogP contribution in [0.4, 0.5) is 0 Å². The largest absolute Gasteiger partial charge is 0.412 e. The van der Waals surface area contributed by atoms with E-state index in [1.165, 1.54) is 16.0 Å². The fourth-order valence-corrected chi connectivity index (χ4v) is 4.33. The van der Waals surface area contributed by atoms with Crippen molar-refractivity contribution >= 4 is 18.1 Å². The van der Waals surface area contributed by atoms with Gasteiger partial charge in [0.2, 0.25) is 11.8 Å². The molecule has 0 atom stereocenters. The van der Waals surface area contributed by atoms with Crippen molar-refractivity contribution in [2.75, 3.05) is 32.7 Å². The molecule has 150 valence electrons. The first-order valence-corrected chi connectivity index (χ1v) is 10.6. The van der Waals surface area contributed by atoms with E-state index in [4.69, 9.17) is 16.6 Å². The Morgan fingerprint density at radius 1 is 1.18 bits per heavy atom. The lowest BCUT2D eigenvalue weighted by atomic mass is 10.1. The van der Waals surface area contributed by atoms with Crippen LogP contribution in [-0.4, -0.2) is 53.3 Å². The molecule has 0 radical (unpaired) electrons. The highest BCUT2D eigenvalue weighted by Crippen LogP contribution is 2.13. The Bertz CT molecular complexity index is 885. The smallest absolute Gasteiger partial charge is 0.291 e. The predicted octanol–water partition coefficient (Wildman–Crippen LogP) is -0.422. The Kier molecular flexibility index (Phi) is 5.89. The van der Waals surface area contributed by atoms with Crippen LogP contribution in [0, 0.1) is 11.8 Å². The van der Waals surface area contributed by atoms with E-state index in [1.807, 2.05) is 0 Å². The number of carbonyl (C=O) groups is 1. The molecule has 0 bridgehead atoms. The van der Waals surface area contributed by atoms with Gasteiger partial charge in [0.15, 0.2) is 6.67 Å². The molecule has 0 unspecified atom stereocenters. The molecule has 7 nitrogen and oxygen atoms in total. The number of hydrogen-bond donors (Lipinski definition) is 2. The van der Waals surface area contributed by atoms with Gasteiger partial charge in [0.05, 0.1) is 6.54 Å². The van der Waals surface area contributed by atoms with Crippen molar-refractivity contribution in [1.82, 2.24) is 14.7 Å². The molecule has 28 heavy (non-hydrogen) atoms. The second-order valence-electron chi connectivity index (χ2n) is 7.94. The molecule has 0 saturated carbocycles. The van der Waals surface area contributed by atoms with Crippen molar-refractivity contribution in [2.45, 2.75) is 39.5 Å². The van der Waals surface area contributed by atoms with Gasteiger partial charge in [-0.3, -0.25) is 4.79 Å². The van der Waals surface area contributed by atoms with Crippen LogP contribution in [0.3, 0.4) is 0 Å². The first-order valence-electron chi connectivity index (χ1n) is 10.1. The molecule has 2 N–H and O–H groups in total. The van der Waals surface area contributed by atoms with E-state index in [1.54, 1.807) is 14.5 Å². The summed E-state index contributed by atoms with van der Waals surface area (Å²) in [6.07, 6.45) is 1.54. The molecular formula is C20H29N5O2S+2. The van der Waals surface area contributed by atoms with Gasteiger partial charge in [-0.05, 0) is 31.1 Å². The van der Waals surface area contributed by atoms with E-state index >= 15 is 0 Å². The van der Waals surface area contributed by atoms with Crippen molar-refractivity contribution in [2.24, 2.45) is 0 Å². The van der Waals surface area contributed by atoms with Gasteiger partial charge in [-0.1, -0.05) is 24.3 Å². The molecule has 0 spiro atoms. The van der Waals surface area contributed by atoms with E-state index < -0.39 is 0 Å². The van der Waals surface area contributed by atoms with Crippen LogP contribution in [0.1, 0.15) is 29.9 Å². The minimum absolute atomic E-state index is 0.175. The maximum absolute atomic E-state index is 11.8. The topological polar surface area (TPSA) is 60.2 Å². The molecule has 2 aliphatic rings. The van der Waals surface area contributed by atoms with Crippen LogP contribution < -0.4 is 9.80 Å². The number of amides is 1. The Morgan fingerprint density at radius 2 is 1.93 bits per heavy atom. The lowest BCUT2D eigenvalue weighted by molar-refractivity contribution is -1.03. The normalized spacial score (nSPS) is 22.8. The lowest BCUT2D eigenvalue weighted by Gasteiger charge is -2.29. The summed E-state index contributed by atoms with van der Waals surface area (Å²) in [5, 5.41) is 4.52. The van der Waals surface area contributed by atoms with Gasteiger partial charge in [-0.15, -0.1) is 5.10 Å². The average molecular weight is 404 g/mol. The predicted molar refractivity (Wildman–Crippen MR) is 106 cm³/mol. The molecule has 2 fully saturated rings. The Morgan fingerprint density at radius 3 is 2.64 bits per heavy atom. The Labute approximate surface area is 170 Å². The quantitative estimate of drug-likeness (QED) is 0.643. The van der Waals surface area contributed by atoms with Gasteiger partial charge in [-0.25, -0.2) is 0 Å². The molecule has 1 aromatic heterocycles. The van der Waals surface area contributed by atoms with E-state index in [0.29, 0.717) is 23.7 Å². The molecular weight excluding hydrogens is 374 g/mol. The van der Waals surface area contributed by atoms with Gasteiger partial charge < -0.3 is 19.1 Å². The number of nitrogens with zero attached hydrogens (tertiary/aromatic N) is 3. The van der Waals surface area contributed by atoms with E-state index in [0.717, 1.165) is 52.4 Å². The number of hydrogen-bond acceptors (Lipinski definition) is 4. The molecule has 4 rings (SSSR count). The number of rotatable bonds is 6. The van der Waals surface area contributed by atoms with Gasteiger partial charge >= 0.3 is 0 Å². The average Bonchev–Trinajstić information content (AvgIpc) is 3.24. The molecule has 2 aromatic rings. The zero-order chi connectivity index (χ0) is 19.5. The number of piperazine rings is 1. The summed E-state index contributed by atoms with van der Waals surface area (Å²) in [6, 6.07) is 8.66. The molecule has 8 heteroatoms. The van der Waals surface area contributed by atoms with Gasteiger partial charge in [-0.2, -0.15) is 4.68 Å². The number of carbonyl (C=O) groups excluding carboxylic acids is 1. The Balaban J connectivity index is 1.29. The highest BCUT2D eigenvalue weighted by molar-refractivity contribution is 7.71. The summed E-state index contributed by atoms with van der Waals surface area (Å²) in [7, 11) is 0. The van der Waals surface area contributed by atoms with Crippen molar-refractivity contribution in [3.8, 4) is 0 Å². The third kappa shape index (κ3) is 4.51. The Hall–Kier alpha value is -2.03. The maximum Gasteiger partial charge on any atom is 0.291 e. The molecule has 3 heterocycles. The lowest BCUT2D eigenvalue weighted by Crippen LogP contribution is -3.27. The highest BCUT2D eigenvalue weighted by atomic mass is 32.1. The number of aromatic nitrogens is 2. The summed E-state index contributed by atoms with van der Waals surface area (Å²) in [5.41, 5.74) is 2.82. The summed E-state index contributed by atoms with van der Waals surface area (Å²) >= 11 is 5.35. The highest BCUT2D eigenvalue weighted by Gasteiger charge is 2.26. The van der Waals surface area contributed by atoms with Crippen LogP contribution in [-0.2, 0) is 24.6 Å². The SMILES string of the molecule is Cc1ccccc1C[NH+]1CC[NH+](Cn2nc(CN3CCCC3=O)oc2=S)CC1. The number of nitrogens with one attached hydrogen (secondary N) is 2. The summed E-state index contributed by atoms with van der Waals surface area (Å²) in [5.74, 6) is 0.720. The minimum atomic E-state index is 0.175. The van der Waals surface area contributed by atoms with Gasteiger partial charge in [0, 0.05) is 18.5 Å². The number of aryl methyl sites for hydroxylation is 1. The number of quaternary nitrogens is 2. The first kappa shape index (κ1) is 19.3. The van der Waals surface area contributed by atoms with Crippen molar-refractivity contribution in [3.05, 3.63) is 46.1 Å². The van der Waals surface area contributed by atoms with E-state index in [-0.39, 0.29) is 5.91 Å². The van der Waals surface area contributed by atoms with Crippen molar-refractivity contribution < 1.29 is 19.0 Å². The first-order chi connectivity index (χ1) is 13.6. The number of likely N-dealkylation sites (tertiary alicyclic amines) is 1. The van der Waals surface area contributed by atoms with Crippen LogP contribution >= 0.6 is 12.2 Å². The second kappa shape index (κ2) is 8.55. The van der Waals surface area contributed by atoms with Crippen LogP contribution in [0.5, 0.6) is 0 Å². The molecule has 0 aliphatic carbocycles. The zero-order valence-corrected chi connectivity index (χ0v) is 17.3. The fraction of sp³-hybridized carbons (Fsp3) is 0.550. The molecule has 2 saturated heterocycles. The number of benzene rings is 1. The van der Waals surface area contributed by atoms with Gasteiger partial charge in [0.1, 0.15) is 32.7 Å². The standard InChI is InChI=1S/C20H27N5O2S/c1-16-5-2-3-6-17(16)13-22-9-11-23(12-10-22)15-25-20(28)27-18(21-25)14-24-8-4-7-19(24)26/h2-3,5-6H,4,7-15H2,1H3/p+2. The van der Waals surface area contributed by atoms with Crippen molar-refractivity contribution in [1.29, 1.82) is 0 Å². The zero-order valence-electron chi connectivity index (χ0n) is 16.4. The maximum atomic E-state index is 11.8. The summed E-state index contributed by atoms with van der Waals surface area (Å²) in [4.78, 5) is 17.1. The summed E-state index contributed by atoms with van der Waals surface area (Å²) in [6.45, 7) is 9.70. The molecule has 1 amide bonds. The molecule has 1 aromatic carbocycles. The second-order valence-corrected chi connectivity index (χ2v) is 8.29. The minimum Gasteiger partial charge on any atom is -0.412 e. The molecule has 2 aliphatic heterocycles. The van der Waals surface area contributed by atoms with Crippen LogP contribution in [0.25, 0.3) is 0 Å². The van der Waals surface area contributed by atoms with Crippen LogP contribution in [0.15, 0.2) is 28.7 Å². The van der Waals surface area contributed by atoms with Crippen molar-refractivity contribution in [3.63, 3.8) is 0 Å². The van der Waals surface area contributed by atoms with E-state index in [2.05, 4.69) is 36.3 Å². The van der Waals surface area contributed by atoms with Gasteiger partial charge in [0.25, 0.3) is 4.84 Å².